The van der Waals surface area contributed by atoms with E-state index in [0.29, 0.717) is 5.69 Å². The van der Waals surface area contributed by atoms with E-state index in [1.807, 2.05) is 13.8 Å². The lowest BCUT2D eigenvalue weighted by Gasteiger charge is -2.20. The van der Waals surface area contributed by atoms with Crippen LogP contribution in [0.4, 0.5) is 10.5 Å². The van der Waals surface area contributed by atoms with Gasteiger partial charge in [-0.1, -0.05) is 13.8 Å². The second-order valence-corrected chi connectivity index (χ2v) is 12.3. The Hall–Kier alpha value is -2.30. The van der Waals surface area contributed by atoms with Crippen LogP contribution in [0.2, 0.25) is 0 Å². The zero-order chi connectivity index (χ0) is 24.3. The molecule has 2 aromatic heterocycles. The van der Waals surface area contributed by atoms with Crippen LogP contribution in [0, 0.1) is 0 Å². The first-order valence-corrected chi connectivity index (χ1v) is 13.0. The fourth-order valence-electron chi connectivity index (χ4n) is 4.80. The van der Waals surface area contributed by atoms with Crippen molar-refractivity contribution >= 4 is 21.6 Å². The van der Waals surface area contributed by atoms with Gasteiger partial charge in [-0.15, -0.1) is 4.36 Å². The fraction of sp³-hybridized carbons (Fsp3) is 0.609. The highest BCUT2D eigenvalue weighted by Gasteiger charge is 2.36. The molecule has 9 nitrogen and oxygen atoms in total. The summed E-state index contributed by atoms with van der Waals surface area (Å²) in [4.78, 5) is 17.9. The number of carbonyl (C=O) groups excluding carboxylic acids is 1. The van der Waals surface area contributed by atoms with Gasteiger partial charge < -0.3 is 10.4 Å². The van der Waals surface area contributed by atoms with Gasteiger partial charge in [-0.3, -0.25) is 9.67 Å². The first-order valence-electron chi connectivity index (χ1n) is 11.4. The number of fused-ring (bicyclic) bond motifs is 2. The van der Waals surface area contributed by atoms with E-state index in [9.17, 15) is 14.1 Å². The summed E-state index contributed by atoms with van der Waals surface area (Å²) in [5, 5.41) is 23.7. The van der Waals surface area contributed by atoms with Crippen LogP contribution in [-0.2, 0) is 40.2 Å². The van der Waals surface area contributed by atoms with Crippen molar-refractivity contribution in [2.24, 2.45) is 9.50 Å². The molecule has 33 heavy (non-hydrogen) atoms. The second kappa shape index (κ2) is 7.89. The molecule has 2 aliphatic carbocycles. The topological polar surface area (TPSA) is 135 Å². The standard InChI is InChI=1S/C23H34N6O3S/c1-13(2)29-17(23(5,6)31)12-18(27-29)33(24,32)28-21(30)26-19-14-8-7-9-16(14)25-20-15(19)10-11-22(20,3)4/h12-13,31H,7-11H2,1-6H3,(H3,24,25,26,28,30,32). The number of nitrogens with zero attached hydrogens (tertiary/aromatic N) is 4. The van der Waals surface area contributed by atoms with Gasteiger partial charge in [0.1, 0.15) is 5.60 Å². The normalized spacial score (nSPS) is 18.7. The number of aliphatic hydroxyl groups is 1. The predicted octanol–water partition coefficient (Wildman–Crippen LogP) is 3.73. The van der Waals surface area contributed by atoms with Crippen molar-refractivity contribution < 1.29 is 14.1 Å². The van der Waals surface area contributed by atoms with E-state index in [4.69, 9.17) is 10.1 Å². The molecule has 180 valence electrons. The van der Waals surface area contributed by atoms with E-state index in [1.165, 1.54) is 6.07 Å². The number of rotatable bonds is 4. The first kappa shape index (κ1) is 23.8. The summed E-state index contributed by atoms with van der Waals surface area (Å²) in [6.07, 6.45) is 4.50. The molecular formula is C23H34N6O3S. The number of aryl methyl sites for hydroxylation is 1. The number of amides is 2. The average Bonchev–Trinajstić information content (AvgIpc) is 3.38. The predicted molar refractivity (Wildman–Crippen MR) is 128 cm³/mol. The molecule has 10 heteroatoms. The summed E-state index contributed by atoms with van der Waals surface area (Å²) in [5.74, 6) is 0. The molecule has 0 radical (unpaired) electrons. The van der Waals surface area contributed by atoms with E-state index in [1.54, 1.807) is 18.5 Å². The van der Waals surface area contributed by atoms with E-state index in [-0.39, 0.29) is 16.5 Å². The lowest BCUT2D eigenvalue weighted by molar-refractivity contribution is 0.0669. The third-order valence-electron chi connectivity index (χ3n) is 6.55. The Balaban J connectivity index is 1.72. The molecule has 2 amide bonds. The molecule has 0 spiro atoms. The number of aromatic nitrogens is 3. The highest BCUT2D eigenvalue weighted by molar-refractivity contribution is 7.91. The van der Waals surface area contributed by atoms with Crippen molar-refractivity contribution in [1.82, 2.24) is 14.8 Å². The van der Waals surface area contributed by atoms with Crippen molar-refractivity contribution in [2.45, 2.75) is 95.7 Å². The highest BCUT2D eigenvalue weighted by Crippen LogP contribution is 2.44. The summed E-state index contributed by atoms with van der Waals surface area (Å²) in [5.41, 5.74) is 4.07. The molecule has 0 aliphatic heterocycles. The van der Waals surface area contributed by atoms with Crippen LogP contribution in [0.15, 0.2) is 15.5 Å². The van der Waals surface area contributed by atoms with Crippen LogP contribution in [0.25, 0.3) is 0 Å². The van der Waals surface area contributed by atoms with Gasteiger partial charge in [0.25, 0.3) is 0 Å². The van der Waals surface area contributed by atoms with Crippen molar-refractivity contribution in [3.05, 3.63) is 34.3 Å². The monoisotopic (exact) mass is 474 g/mol. The average molecular weight is 475 g/mol. The molecule has 0 saturated heterocycles. The van der Waals surface area contributed by atoms with Gasteiger partial charge in [0.2, 0.25) is 0 Å². The first-order chi connectivity index (χ1) is 15.2. The molecule has 2 heterocycles. The van der Waals surface area contributed by atoms with Crippen LogP contribution < -0.4 is 10.5 Å². The number of nitrogens with two attached hydrogens (primary N) is 1. The SMILES string of the molecule is CC(C)n1nc(S(N)(=O)=NC(=O)Nc2c3c(nc4c2CCC4(C)C)CCC3)cc1C(C)(C)O. The molecule has 1 unspecified atom stereocenters. The largest absolute Gasteiger partial charge is 0.384 e. The Morgan fingerprint density at radius 1 is 1.30 bits per heavy atom. The number of nitrogens with one attached hydrogen (secondary N) is 1. The van der Waals surface area contributed by atoms with E-state index in [2.05, 4.69) is 28.6 Å². The molecule has 2 aliphatic rings. The summed E-state index contributed by atoms with van der Waals surface area (Å²) >= 11 is 0. The quantitative estimate of drug-likeness (QED) is 0.620. The van der Waals surface area contributed by atoms with Gasteiger partial charge in [0.05, 0.1) is 17.1 Å². The molecule has 0 aromatic carbocycles. The van der Waals surface area contributed by atoms with E-state index < -0.39 is 21.5 Å². The Kier molecular flexibility index (Phi) is 5.70. The van der Waals surface area contributed by atoms with Gasteiger partial charge >= 0.3 is 6.03 Å². The molecule has 4 N–H and O–H groups in total. The van der Waals surface area contributed by atoms with Crippen molar-refractivity contribution in [3.8, 4) is 0 Å². The van der Waals surface area contributed by atoms with Gasteiger partial charge in [-0.25, -0.2) is 14.1 Å². The number of anilines is 1. The maximum atomic E-state index is 13.3. The number of pyridine rings is 1. The van der Waals surface area contributed by atoms with Crippen LogP contribution in [0.5, 0.6) is 0 Å². The third kappa shape index (κ3) is 4.31. The zero-order valence-corrected chi connectivity index (χ0v) is 21.0. The number of urea groups is 1. The van der Waals surface area contributed by atoms with Crippen molar-refractivity contribution in [3.63, 3.8) is 0 Å². The number of carbonyl (C=O) groups is 1. The van der Waals surface area contributed by atoms with Gasteiger partial charge in [0.15, 0.2) is 14.9 Å². The fourth-order valence-corrected chi connectivity index (χ4v) is 5.67. The molecule has 0 bridgehead atoms. The van der Waals surface area contributed by atoms with Gasteiger partial charge in [-0.05, 0) is 70.9 Å². The Morgan fingerprint density at radius 3 is 2.61 bits per heavy atom. The molecule has 2 aromatic rings. The molecule has 0 saturated carbocycles. The summed E-state index contributed by atoms with van der Waals surface area (Å²) in [6.45, 7) is 11.3. The van der Waals surface area contributed by atoms with Gasteiger partial charge in [-0.2, -0.15) is 5.10 Å². The summed E-state index contributed by atoms with van der Waals surface area (Å²) < 4.78 is 18.6. The lowest BCUT2D eigenvalue weighted by Crippen LogP contribution is -2.22. The van der Waals surface area contributed by atoms with Crippen LogP contribution >= 0.6 is 0 Å². The Morgan fingerprint density at radius 2 is 2.00 bits per heavy atom. The van der Waals surface area contributed by atoms with Crippen LogP contribution in [-0.4, -0.2) is 30.1 Å². The zero-order valence-electron chi connectivity index (χ0n) is 20.2. The van der Waals surface area contributed by atoms with E-state index in [0.717, 1.165) is 60.3 Å². The number of hydrogen-bond acceptors (Lipinski definition) is 5. The van der Waals surface area contributed by atoms with E-state index >= 15 is 0 Å². The molecule has 4 rings (SSSR count). The summed E-state index contributed by atoms with van der Waals surface area (Å²) in [6, 6.07) is 0.594. The van der Waals surface area contributed by atoms with Crippen LogP contribution in [0.1, 0.15) is 88.6 Å². The minimum Gasteiger partial charge on any atom is -0.384 e. The highest BCUT2D eigenvalue weighted by atomic mass is 32.2. The van der Waals surface area contributed by atoms with Crippen molar-refractivity contribution in [1.29, 1.82) is 0 Å². The molecule has 1 atom stereocenters. The van der Waals surface area contributed by atoms with Crippen molar-refractivity contribution in [2.75, 3.05) is 5.32 Å². The second-order valence-electron chi connectivity index (χ2n) is 10.5. The third-order valence-corrected chi connectivity index (χ3v) is 7.78. The van der Waals surface area contributed by atoms with Gasteiger partial charge in [0, 0.05) is 23.2 Å². The Labute approximate surface area is 195 Å². The minimum atomic E-state index is -3.62. The molecular weight excluding hydrogens is 440 g/mol. The number of hydrogen-bond donors (Lipinski definition) is 3. The summed E-state index contributed by atoms with van der Waals surface area (Å²) in [7, 11) is -3.62. The maximum absolute atomic E-state index is 13.3. The van der Waals surface area contributed by atoms with Crippen LogP contribution in [0.3, 0.4) is 0 Å². The maximum Gasteiger partial charge on any atom is 0.354 e. The Bertz CT molecular complexity index is 1250. The molecule has 0 fully saturated rings. The smallest absolute Gasteiger partial charge is 0.354 e. The lowest BCUT2D eigenvalue weighted by atomic mass is 9.90. The minimum absolute atomic E-state index is 0.0326.